The van der Waals surface area contributed by atoms with E-state index in [1.54, 1.807) is 0 Å². The molecule has 3 aliphatic carbocycles. The molecule has 2 aromatic rings. The van der Waals surface area contributed by atoms with Gasteiger partial charge >= 0.3 is 0 Å². The lowest BCUT2D eigenvalue weighted by atomic mass is 9.54. The van der Waals surface area contributed by atoms with Gasteiger partial charge in [-0.15, -0.1) is 0 Å². The summed E-state index contributed by atoms with van der Waals surface area (Å²) < 4.78 is 12.9. The Bertz CT molecular complexity index is 1040. The number of hydrogen-bond acceptors (Lipinski definition) is 4. The fourth-order valence-corrected chi connectivity index (χ4v) is 6.31. The third kappa shape index (κ3) is 3.25. The molecule has 0 amide bonds. The van der Waals surface area contributed by atoms with Crippen LogP contribution in [0.2, 0.25) is 0 Å². The summed E-state index contributed by atoms with van der Waals surface area (Å²) in [7, 11) is 0. The molecule has 178 valence electrons. The topological polar surface area (TPSA) is 43.2 Å². The van der Waals surface area contributed by atoms with E-state index in [-0.39, 0.29) is 46.6 Å². The minimum Gasteiger partial charge on any atom is -0.478 e. The second-order valence-electron chi connectivity index (χ2n) is 12.6. The molecule has 5 aliphatic rings. The van der Waals surface area contributed by atoms with E-state index in [1.807, 2.05) is 0 Å². The van der Waals surface area contributed by atoms with Gasteiger partial charge in [-0.1, -0.05) is 90.1 Å². The van der Waals surface area contributed by atoms with Crippen molar-refractivity contribution in [2.45, 2.75) is 65.5 Å². The van der Waals surface area contributed by atoms with Crippen LogP contribution in [0.15, 0.2) is 58.5 Å². The molecule has 0 spiro atoms. The van der Waals surface area contributed by atoms with Crippen LogP contribution in [0.5, 0.6) is 0 Å². The first kappa shape index (κ1) is 21.9. The Hall–Kier alpha value is -2.62. The van der Waals surface area contributed by atoms with Gasteiger partial charge in [-0.05, 0) is 33.1 Å². The highest BCUT2D eigenvalue weighted by molar-refractivity contribution is 5.93. The van der Waals surface area contributed by atoms with Crippen LogP contribution in [0.25, 0.3) is 0 Å². The first-order chi connectivity index (χ1) is 16.1. The molecule has 7 rings (SSSR count). The number of benzene rings is 2. The molecule has 0 N–H and O–H groups in total. The molecule has 0 aromatic heterocycles. The van der Waals surface area contributed by atoms with E-state index in [9.17, 15) is 0 Å². The molecular formula is C30H36N2O2. The second kappa shape index (κ2) is 7.44. The van der Waals surface area contributed by atoms with Crippen molar-refractivity contribution in [2.24, 2.45) is 32.7 Å². The monoisotopic (exact) mass is 456 g/mol. The summed E-state index contributed by atoms with van der Waals surface area (Å²) in [5.41, 5.74) is 5.76. The van der Waals surface area contributed by atoms with Crippen molar-refractivity contribution in [1.82, 2.24) is 0 Å². The first-order valence-corrected chi connectivity index (χ1v) is 12.7. The van der Waals surface area contributed by atoms with Crippen LogP contribution >= 0.6 is 0 Å². The van der Waals surface area contributed by atoms with Gasteiger partial charge < -0.3 is 9.47 Å². The van der Waals surface area contributed by atoms with Crippen molar-refractivity contribution >= 4 is 11.8 Å². The Morgan fingerprint density at radius 3 is 1.18 bits per heavy atom. The Labute approximate surface area is 203 Å². The van der Waals surface area contributed by atoms with Crippen molar-refractivity contribution < 1.29 is 9.47 Å². The number of nitrogens with zero attached hydrogens (tertiary/aromatic N) is 2. The molecule has 4 atom stereocenters. The molecule has 4 nitrogen and oxygen atoms in total. The minimum absolute atomic E-state index is 0.0689. The zero-order valence-corrected chi connectivity index (χ0v) is 21.2. The maximum Gasteiger partial charge on any atom is 0.188 e. The van der Waals surface area contributed by atoms with Crippen molar-refractivity contribution in [3.8, 4) is 0 Å². The second-order valence-corrected chi connectivity index (χ2v) is 12.6. The summed E-state index contributed by atoms with van der Waals surface area (Å²) in [4.78, 5) is 10.4. The van der Waals surface area contributed by atoms with E-state index in [1.165, 1.54) is 22.3 Å². The van der Waals surface area contributed by atoms with E-state index < -0.39 is 0 Å². The Kier molecular flexibility index (Phi) is 4.79. The summed E-state index contributed by atoms with van der Waals surface area (Å²) in [6, 6.07) is 18.2. The zero-order valence-electron chi connectivity index (χ0n) is 21.2. The Morgan fingerprint density at radius 1 is 0.588 bits per heavy atom. The minimum atomic E-state index is 0.0689. The summed E-state index contributed by atoms with van der Waals surface area (Å²) in [6.07, 6.45) is 0. The number of hydrogen-bond donors (Lipinski definition) is 0. The number of ether oxygens (including phenoxy) is 2. The number of rotatable bonds is 2. The quantitative estimate of drug-likeness (QED) is 0.540. The van der Waals surface area contributed by atoms with Crippen LogP contribution in [-0.2, 0) is 9.47 Å². The lowest BCUT2D eigenvalue weighted by molar-refractivity contribution is 0.202. The molecule has 0 radical (unpaired) electrons. The van der Waals surface area contributed by atoms with Gasteiger partial charge in [0.25, 0.3) is 0 Å². The highest BCUT2D eigenvalue weighted by atomic mass is 16.5. The van der Waals surface area contributed by atoms with E-state index in [0.29, 0.717) is 13.2 Å². The van der Waals surface area contributed by atoms with Crippen LogP contribution in [-0.4, -0.2) is 37.1 Å². The number of aliphatic imine (C=N–C) groups is 2. The van der Waals surface area contributed by atoms with Crippen molar-refractivity contribution in [2.75, 3.05) is 13.2 Å². The van der Waals surface area contributed by atoms with Gasteiger partial charge in [0.2, 0.25) is 0 Å². The fourth-order valence-electron chi connectivity index (χ4n) is 6.31. The summed E-state index contributed by atoms with van der Waals surface area (Å²) in [6.45, 7) is 14.8. The largest absolute Gasteiger partial charge is 0.478 e. The van der Waals surface area contributed by atoms with E-state index in [2.05, 4.69) is 90.1 Å². The molecule has 4 heteroatoms. The smallest absolute Gasteiger partial charge is 0.188 e. The van der Waals surface area contributed by atoms with Crippen molar-refractivity contribution in [3.63, 3.8) is 0 Å². The third-order valence-electron chi connectivity index (χ3n) is 8.35. The lowest BCUT2D eigenvalue weighted by Crippen LogP contribution is -2.47. The van der Waals surface area contributed by atoms with Crippen LogP contribution < -0.4 is 0 Å². The lowest BCUT2D eigenvalue weighted by Gasteiger charge is -2.49. The van der Waals surface area contributed by atoms with Crippen molar-refractivity contribution in [1.29, 1.82) is 0 Å². The molecule has 0 saturated heterocycles. The van der Waals surface area contributed by atoms with E-state index in [0.717, 1.165) is 11.8 Å². The molecule has 2 aliphatic heterocycles. The number of fused-ring (bicyclic) bond motifs is 1. The molecule has 2 heterocycles. The molecule has 0 fully saturated rings. The molecule has 0 saturated carbocycles. The maximum atomic E-state index is 6.44. The Morgan fingerprint density at radius 2 is 0.912 bits per heavy atom. The van der Waals surface area contributed by atoms with E-state index in [4.69, 9.17) is 19.5 Å². The zero-order chi connectivity index (χ0) is 23.8. The average Bonchev–Trinajstić information content (AvgIpc) is 3.48. The van der Waals surface area contributed by atoms with Gasteiger partial charge in [0.05, 0.1) is 23.9 Å². The normalized spacial score (nSPS) is 31.8. The van der Waals surface area contributed by atoms with Gasteiger partial charge in [0.15, 0.2) is 11.8 Å². The van der Waals surface area contributed by atoms with Gasteiger partial charge in [-0.2, -0.15) is 0 Å². The van der Waals surface area contributed by atoms with Gasteiger partial charge in [-0.3, -0.25) is 0 Å². The van der Waals surface area contributed by atoms with Crippen LogP contribution in [0.1, 0.15) is 75.6 Å². The highest BCUT2D eigenvalue weighted by Gasteiger charge is 2.56. The van der Waals surface area contributed by atoms with Gasteiger partial charge in [0.1, 0.15) is 13.2 Å². The summed E-state index contributed by atoms with van der Waals surface area (Å²) >= 11 is 0. The first-order valence-electron chi connectivity index (χ1n) is 12.7. The molecule has 2 bridgehead atoms. The molecule has 34 heavy (non-hydrogen) atoms. The summed E-state index contributed by atoms with van der Waals surface area (Å²) in [5.74, 6) is 2.38. The fraction of sp³-hybridized carbons (Fsp3) is 0.533. The average molecular weight is 457 g/mol. The maximum absolute atomic E-state index is 6.44. The van der Waals surface area contributed by atoms with Gasteiger partial charge in [0, 0.05) is 11.8 Å². The van der Waals surface area contributed by atoms with Gasteiger partial charge in [-0.25, -0.2) is 9.98 Å². The predicted octanol–water partition coefficient (Wildman–Crippen LogP) is 6.20. The SMILES string of the molecule is CC(C)(C)C1COC([C@H]2C3c4ccccc4C(c4ccccc43)[C@@H]2C2=NC(C(C)(C)C)CO2)=N1. The van der Waals surface area contributed by atoms with Crippen LogP contribution in [0.3, 0.4) is 0 Å². The van der Waals surface area contributed by atoms with E-state index >= 15 is 0 Å². The summed E-state index contributed by atoms with van der Waals surface area (Å²) in [5, 5.41) is 0. The molecule has 2 aromatic carbocycles. The molecule has 2 unspecified atom stereocenters. The van der Waals surface area contributed by atoms with Crippen LogP contribution in [0.4, 0.5) is 0 Å². The Balaban J connectivity index is 1.55. The standard InChI is InChI=1S/C30H36N2O2/c1-29(2,3)21-15-33-27(31-21)25-23-17-11-7-9-13-19(17)24(20-14-10-8-12-18(20)23)26(25)28-32-22(16-34-28)30(4,5)6/h7-14,21-26H,15-16H2,1-6H3/t21?,22?,23?,24?,25-,26-/m0/s1. The predicted molar refractivity (Wildman–Crippen MR) is 137 cm³/mol. The molecular weight excluding hydrogens is 420 g/mol. The third-order valence-corrected chi connectivity index (χ3v) is 8.35. The van der Waals surface area contributed by atoms with Crippen LogP contribution in [0, 0.1) is 22.7 Å². The van der Waals surface area contributed by atoms with Crippen molar-refractivity contribution in [3.05, 3.63) is 70.8 Å². The highest BCUT2D eigenvalue weighted by Crippen LogP contribution is 2.60.